The van der Waals surface area contributed by atoms with Crippen molar-refractivity contribution in [3.63, 3.8) is 0 Å². The molecular formula is C25H28N4O3. The number of benzene rings is 2. The summed E-state index contributed by atoms with van der Waals surface area (Å²) in [6, 6.07) is 17.1. The fraction of sp³-hybridized carbons (Fsp3) is 0.320. The van der Waals surface area contributed by atoms with Gasteiger partial charge >= 0.3 is 0 Å². The predicted molar refractivity (Wildman–Crippen MR) is 123 cm³/mol. The highest BCUT2D eigenvalue weighted by Crippen LogP contribution is 2.24. The normalized spacial score (nSPS) is 13.6. The second-order valence-electron chi connectivity index (χ2n) is 7.99. The van der Waals surface area contributed by atoms with Crippen molar-refractivity contribution >= 4 is 17.5 Å². The van der Waals surface area contributed by atoms with Crippen molar-refractivity contribution in [2.24, 2.45) is 0 Å². The van der Waals surface area contributed by atoms with E-state index in [4.69, 9.17) is 4.74 Å². The SMILES string of the molecule is O=C(CCc1cccc(OC2CCCC2)c1)NCC(=O)Nc1ccc(-n2cccn2)cc1. The van der Waals surface area contributed by atoms with Crippen molar-refractivity contribution in [2.75, 3.05) is 11.9 Å². The Kier molecular flexibility index (Phi) is 7.17. The summed E-state index contributed by atoms with van der Waals surface area (Å²) in [6.07, 6.45) is 9.48. The van der Waals surface area contributed by atoms with Crippen LogP contribution in [0.15, 0.2) is 67.0 Å². The Labute approximate surface area is 187 Å². The number of ether oxygens (including phenoxy) is 1. The minimum Gasteiger partial charge on any atom is -0.490 e. The van der Waals surface area contributed by atoms with Gasteiger partial charge in [0.1, 0.15) is 5.75 Å². The van der Waals surface area contributed by atoms with Gasteiger partial charge < -0.3 is 15.4 Å². The van der Waals surface area contributed by atoms with Gasteiger partial charge in [-0.2, -0.15) is 5.10 Å². The third-order valence-corrected chi connectivity index (χ3v) is 5.51. The van der Waals surface area contributed by atoms with Gasteiger partial charge in [-0.15, -0.1) is 0 Å². The molecule has 1 heterocycles. The molecule has 2 aromatic carbocycles. The number of rotatable bonds is 9. The van der Waals surface area contributed by atoms with Crippen LogP contribution in [0.4, 0.5) is 5.69 Å². The zero-order valence-corrected chi connectivity index (χ0v) is 18.0. The summed E-state index contributed by atoms with van der Waals surface area (Å²) in [6.45, 7) is -0.0649. The predicted octanol–water partition coefficient (Wildman–Crippen LogP) is 3.88. The van der Waals surface area contributed by atoms with Gasteiger partial charge in [0.2, 0.25) is 11.8 Å². The molecule has 1 aliphatic carbocycles. The van der Waals surface area contributed by atoms with Crippen molar-refractivity contribution in [1.82, 2.24) is 15.1 Å². The van der Waals surface area contributed by atoms with Gasteiger partial charge in [0, 0.05) is 24.5 Å². The second kappa shape index (κ2) is 10.6. The largest absolute Gasteiger partial charge is 0.490 e. The average molecular weight is 433 g/mol. The molecule has 1 saturated carbocycles. The standard InChI is InChI=1S/C25H28N4O3/c30-24(14-9-19-5-3-8-23(17-19)32-22-6-1-2-7-22)26-18-25(31)28-20-10-12-21(13-11-20)29-16-4-15-27-29/h3-5,8,10-13,15-17,22H,1-2,6-7,9,14,18H2,(H,26,30)(H,28,31). The maximum Gasteiger partial charge on any atom is 0.243 e. The lowest BCUT2D eigenvalue weighted by atomic mass is 10.1. The van der Waals surface area contributed by atoms with E-state index in [0.29, 0.717) is 24.6 Å². The van der Waals surface area contributed by atoms with Crippen LogP contribution >= 0.6 is 0 Å². The van der Waals surface area contributed by atoms with E-state index in [1.54, 1.807) is 23.0 Å². The molecule has 0 unspecified atom stereocenters. The Hall–Kier alpha value is -3.61. The molecule has 0 bridgehead atoms. The minimum atomic E-state index is -0.267. The van der Waals surface area contributed by atoms with E-state index in [2.05, 4.69) is 15.7 Å². The number of nitrogens with zero attached hydrogens (tertiary/aromatic N) is 2. The fourth-order valence-electron chi connectivity index (χ4n) is 3.82. The quantitative estimate of drug-likeness (QED) is 0.537. The van der Waals surface area contributed by atoms with E-state index in [9.17, 15) is 9.59 Å². The lowest BCUT2D eigenvalue weighted by Crippen LogP contribution is -2.32. The van der Waals surface area contributed by atoms with Crippen LogP contribution in [-0.4, -0.2) is 34.2 Å². The molecule has 2 amide bonds. The third kappa shape index (κ3) is 6.20. The molecule has 4 rings (SSSR count). The molecular weight excluding hydrogens is 404 g/mol. The Morgan fingerprint density at radius 2 is 1.84 bits per heavy atom. The Morgan fingerprint density at radius 1 is 1.03 bits per heavy atom. The Balaban J connectivity index is 1.18. The number of carbonyl (C=O) groups is 2. The zero-order valence-electron chi connectivity index (χ0n) is 18.0. The first-order valence-electron chi connectivity index (χ1n) is 11.1. The van der Waals surface area contributed by atoms with Crippen LogP contribution in [0.1, 0.15) is 37.7 Å². The molecule has 1 aliphatic rings. The van der Waals surface area contributed by atoms with Gasteiger partial charge in [0.15, 0.2) is 0 Å². The number of carbonyl (C=O) groups excluding carboxylic acids is 2. The van der Waals surface area contributed by atoms with Crippen LogP contribution in [0, 0.1) is 0 Å². The maximum atomic E-state index is 12.2. The summed E-state index contributed by atoms with van der Waals surface area (Å²) in [5.41, 5.74) is 2.62. The molecule has 166 valence electrons. The van der Waals surface area contributed by atoms with Crippen molar-refractivity contribution < 1.29 is 14.3 Å². The number of hydrogen-bond acceptors (Lipinski definition) is 4. The van der Waals surface area contributed by atoms with E-state index >= 15 is 0 Å². The van der Waals surface area contributed by atoms with Crippen molar-refractivity contribution in [3.05, 3.63) is 72.6 Å². The number of aromatic nitrogens is 2. The smallest absolute Gasteiger partial charge is 0.243 e. The van der Waals surface area contributed by atoms with E-state index in [1.807, 2.05) is 48.7 Å². The van der Waals surface area contributed by atoms with Gasteiger partial charge in [0.25, 0.3) is 0 Å². The summed E-state index contributed by atoms with van der Waals surface area (Å²) in [5, 5.41) is 9.64. The van der Waals surface area contributed by atoms with Gasteiger partial charge in [-0.3, -0.25) is 9.59 Å². The summed E-state index contributed by atoms with van der Waals surface area (Å²) < 4.78 is 7.77. The molecule has 0 saturated heterocycles. The lowest BCUT2D eigenvalue weighted by Gasteiger charge is -2.13. The van der Waals surface area contributed by atoms with Crippen LogP contribution in [-0.2, 0) is 16.0 Å². The van der Waals surface area contributed by atoms with Gasteiger partial charge in [-0.25, -0.2) is 4.68 Å². The summed E-state index contributed by atoms with van der Waals surface area (Å²) in [7, 11) is 0. The summed E-state index contributed by atoms with van der Waals surface area (Å²) in [5.74, 6) is 0.446. The molecule has 0 aliphatic heterocycles. The van der Waals surface area contributed by atoms with Crippen LogP contribution in [0.5, 0.6) is 5.75 Å². The summed E-state index contributed by atoms with van der Waals surface area (Å²) in [4.78, 5) is 24.3. The second-order valence-corrected chi connectivity index (χ2v) is 7.99. The van der Waals surface area contributed by atoms with E-state index < -0.39 is 0 Å². The van der Waals surface area contributed by atoms with E-state index in [1.165, 1.54) is 12.8 Å². The van der Waals surface area contributed by atoms with E-state index in [-0.39, 0.29) is 18.4 Å². The minimum absolute atomic E-state index is 0.0649. The highest BCUT2D eigenvalue weighted by molar-refractivity contribution is 5.94. The fourth-order valence-corrected chi connectivity index (χ4v) is 3.82. The van der Waals surface area contributed by atoms with Crippen LogP contribution < -0.4 is 15.4 Å². The van der Waals surface area contributed by atoms with Crippen molar-refractivity contribution in [3.8, 4) is 11.4 Å². The molecule has 0 atom stereocenters. The Morgan fingerprint density at radius 3 is 2.59 bits per heavy atom. The van der Waals surface area contributed by atoms with Gasteiger partial charge in [-0.05, 0) is 80.1 Å². The third-order valence-electron chi connectivity index (χ3n) is 5.51. The van der Waals surface area contributed by atoms with Crippen molar-refractivity contribution in [1.29, 1.82) is 0 Å². The number of hydrogen-bond donors (Lipinski definition) is 2. The number of anilines is 1. The summed E-state index contributed by atoms with van der Waals surface area (Å²) >= 11 is 0. The molecule has 7 nitrogen and oxygen atoms in total. The monoisotopic (exact) mass is 432 g/mol. The molecule has 0 radical (unpaired) electrons. The van der Waals surface area contributed by atoms with Crippen LogP contribution in [0.2, 0.25) is 0 Å². The highest BCUT2D eigenvalue weighted by Gasteiger charge is 2.16. The first kappa shape index (κ1) is 21.6. The van der Waals surface area contributed by atoms with Gasteiger partial charge in [-0.1, -0.05) is 12.1 Å². The maximum absolute atomic E-state index is 12.2. The number of aryl methyl sites for hydroxylation is 1. The lowest BCUT2D eigenvalue weighted by molar-refractivity contribution is -0.124. The number of nitrogens with one attached hydrogen (secondary N) is 2. The molecule has 0 spiro atoms. The van der Waals surface area contributed by atoms with Crippen LogP contribution in [0.25, 0.3) is 5.69 Å². The number of amides is 2. The highest BCUT2D eigenvalue weighted by atomic mass is 16.5. The molecule has 1 aromatic heterocycles. The molecule has 7 heteroatoms. The first-order valence-corrected chi connectivity index (χ1v) is 11.1. The first-order chi connectivity index (χ1) is 15.7. The molecule has 1 fully saturated rings. The van der Waals surface area contributed by atoms with Crippen molar-refractivity contribution in [2.45, 2.75) is 44.6 Å². The average Bonchev–Trinajstić information content (AvgIpc) is 3.52. The molecule has 32 heavy (non-hydrogen) atoms. The van der Waals surface area contributed by atoms with Crippen LogP contribution in [0.3, 0.4) is 0 Å². The topological polar surface area (TPSA) is 85.2 Å². The molecule has 2 N–H and O–H groups in total. The molecule has 3 aromatic rings. The Bertz CT molecular complexity index is 1030. The van der Waals surface area contributed by atoms with E-state index in [0.717, 1.165) is 29.8 Å². The van der Waals surface area contributed by atoms with Gasteiger partial charge in [0.05, 0.1) is 18.3 Å². The zero-order chi connectivity index (χ0) is 22.2.